The first kappa shape index (κ1) is 9.19. The Balaban J connectivity index is 2.57. The molecule has 2 N–H and O–H groups in total. The maximum absolute atomic E-state index is 10.4. The molecule has 0 aromatic carbocycles. The Morgan fingerprint density at radius 2 is 2.43 bits per heavy atom. The number of carboxylic acid groups (broad SMARTS) is 1. The van der Waals surface area contributed by atoms with Gasteiger partial charge in [-0.15, -0.1) is 5.10 Å². The van der Waals surface area contributed by atoms with Gasteiger partial charge in [0, 0.05) is 12.4 Å². The van der Waals surface area contributed by atoms with Crippen LogP contribution < -0.4 is 5.32 Å². The van der Waals surface area contributed by atoms with Gasteiger partial charge < -0.3 is 5.11 Å². The van der Waals surface area contributed by atoms with E-state index in [-0.39, 0.29) is 0 Å². The number of anilines is 1. The van der Waals surface area contributed by atoms with Crippen molar-refractivity contribution < 1.29 is 9.90 Å². The highest BCUT2D eigenvalue weighted by Crippen LogP contribution is 2.20. The third-order valence-corrected chi connectivity index (χ3v) is 2.56. The Labute approximate surface area is 92.1 Å². The van der Waals surface area contributed by atoms with E-state index >= 15 is 0 Å². The summed E-state index contributed by atoms with van der Waals surface area (Å²) in [6.45, 7) is 0. The summed E-state index contributed by atoms with van der Waals surface area (Å²) in [5, 5.41) is 14.7. The molecule has 0 radical (unpaired) electrons. The number of nitrogens with one attached hydrogen (secondary N) is 1. The van der Waals surface area contributed by atoms with E-state index < -0.39 is 6.09 Å². The van der Waals surface area contributed by atoms with Gasteiger partial charge in [-0.1, -0.05) is 0 Å². The highest BCUT2D eigenvalue weighted by atomic mass is 127. The fourth-order valence-corrected chi connectivity index (χ4v) is 1.67. The van der Waals surface area contributed by atoms with Crippen molar-refractivity contribution in [3.05, 3.63) is 22.0 Å². The lowest BCUT2D eigenvalue weighted by Gasteiger charge is -1.92. The Morgan fingerprint density at radius 3 is 3.07 bits per heavy atom. The van der Waals surface area contributed by atoms with Crippen molar-refractivity contribution in [1.82, 2.24) is 14.6 Å². The molecule has 14 heavy (non-hydrogen) atoms. The van der Waals surface area contributed by atoms with Gasteiger partial charge in [0.1, 0.15) is 3.57 Å². The molecule has 0 unspecified atom stereocenters. The molecule has 2 aromatic rings. The molecule has 7 heteroatoms. The third-order valence-electron chi connectivity index (χ3n) is 1.56. The van der Waals surface area contributed by atoms with Gasteiger partial charge >= 0.3 is 6.09 Å². The van der Waals surface area contributed by atoms with Crippen LogP contribution in [0.25, 0.3) is 5.65 Å². The minimum absolute atomic E-state index is 0.303. The minimum atomic E-state index is -1.13. The zero-order valence-corrected chi connectivity index (χ0v) is 8.96. The molecule has 6 nitrogen and oxygen atoms in total. The summed E-state index contributed by atoms with van der Waals surface area (Å²) in [5.74, 6) is 0.303. The van der Waals surface area contributed by atoms with Crippen LogP contribution in [0.2, 0.25) is 0 Å². The summed E-state index contributed by atoms with van der Waals surface area (Å²) in [5.41, 5.74) is 0.636. The van der Waals surface area contributed by atoms with Crippen molar-refractivity contribution in [1.29, 1.82) is 0 Å². The van der Waals surface area contributed by atoms with Crippen LogP contribution in [0.15, 0.2) is 18.5 Å². The van der Waals surface area contributed by atoms with Gasteiger partial charge in [-0.25, -0.2) is 14.3 Å². The van der Waals surface area contributed by atoms with Crippen molar-refractivity contribution in [3.8, 4) is 0 Å². The quantitative estimate of drug-likeness (QED) is 0.781. The van der Waals surface area contributed by atoms with Gasteiger partial charge in [0.2, 0.25) is 0 Å². The molecule has 72 valence electrons. The first-order valence-corrected chi connectivity index (χ1v) is 4.75. The summed E-state index contributed by atoms with van der Waals surface area (Å²) >= 11 is 2.00. The van der Waals surface area contributed by atoms with Gasteiger partial charge in [0.25, 0.3) is 0 Å². The van der Waals surface area contributed by atoms with Crippen molar-refractivity contribution in [2.45, 2.75) is 0 Å². The Hall–Kier alpha value is -1.38. The van der Waals surface area contributed by atoms with E-state index in [1.807, 2.05) is 22.6 Å². The second-order valence-electron chi connectivity index (χ2n) is 2.48. The minimum Gasteiger partial charge on any atom is -0.465 e. The second kappa shape index (κ2) is 3.40. The highest BCUT2D eigenvalue weighted by molar-refractivity contribution is 14.1. The van der Waals surface area contributed by atoms with Crippen LogP contribution in [-0.2, 0) is 0 Å². The second-order valence-corrected chi connectivity index (χ2v) is 3.56. The summed E-state index contributed by atoms with van der Waals surface area (Å²) in [4.78, 5) is 14.5. The summed E-state index contributed by atoms with van der Waals surface area (Å²) in [6, 6.07) is 1.72. The van der Waals surface area contributed by atoms with E-state index in [0.29, 0.717) is 15.0 Å². The third kappa shape index (κ3) is 1.50. The summed E-state index contributed by atoms with van der Waals surface area (Å²) in [6.07, 6.45) is 2.20. The van der Waals surface area contributed by atoms with Crippen molar-refractivity contribution in [3.63, 3.8) is 0 Å². The monoisotopic (exact) mass is 304 g/mol. The van der Waals surface area contributed by atoms with Crippen LogP contribution >= 0.6 is 22.6 Å². The number of rotatable bonds is 1. The lowest BCUT2D eigenvalue weighted by molar-refractivity contribution is 0.209. The van der Waals surface area contributed by atoms with E-state index in [1.165, 1.54) is 4.52 Å². The van der Waals surface area contributed by atoms with Crippen molar-refractivity contribution >= 4 is 40.1 Å². The van der Waals surface area contributed by atoms with Gasteiger partial charge in [0.15, 0.2) is 11.5 Å². The van der Waals surface area contributed by atoms with Crippen LogP contribution in [-0.4, -0.2) is 25.8 Å². The van der Waals surface area contributed by atoms with Crippen LogP contribution in [0.5, 0.6) is 0 Å². The van der Waals surface area contributed by atoms with Crippen LogP contribution in [0.4, 0.5) is 10.6 Å². The Bertz CT molecular complexity index is 495. The van der Waals surface area contributed by atoms with Gasteiger partial charge in [-0.3, -0.25) is 5.32 Å². The topological polar surface area (TPSA) is 79.5 Å². The molecule has 0 bridgehead atoms. The zero-order chi connectivity index (χ0) is 10.1. The molecule has 0 spiro atoms. The molecule has 0 saturated carbocycles. The Kier molecular flexibility index (Phi) is 2.23. The van der Waals surface area contributed by atoms with Gasteiger partial charge in [-0.2, -0.15) is 0 Å². The molecule has 2 rings (SSSR count). The molecular weight excluding hydrogens is 299 g/mol. The summed E-state index contributed by atoms with van der Waals surface area (Å²) in [7, 11) is 0. The summed E-state index contributed by atoms with van der Waals surface area (Å²) < 4.78 is 2.21. The van der Waals surface area contributed by atoms with E-state index in [0.717, 1.165) is 0 Å². The average molecular weight is 304 g/mol. The first-order chi connectivity index (χ1) is 6.68. The normalized spacial score (nSPS) is 10.4. The van der Waals surface area contributed by atoms with Crippen LogP contribution in [0.3, 0.4) is 0 Å². The molecule has 1 amide bonds. The number of hydrogen-bond acceptors (Lipinski definition) is 3. The molecule has 0 aliphatic heterocycles. The number of carbonyl (C=O) groups is 1. The number of halogens is 1. The lowest BCUT2D eigenvalue weighted by atomic mass is 10.6. The van der Waals surface area contributed by atoms with Crippen molar-refractivity contribution in [2.24, 2.45) is 0 Å². The van der Waals surface area contributed by atoms with Gasteiger partial charge in [0.05, 0.1) is 0 Å². The number of nitrogens with zero attached hydrogens (tertiary/aromatic N) is 3. The predicted molar refractivity (Wildman–Crippen MR) is 57.4 cm³/mol. The standard InChI is InChI=1S/C7H5IN4O2/c8-4-5(10-7(13)14)11-12-3-1-2-9-6(4)12/h1-3H,(H,10,11)(H,13,14). The number of amides is 1. The van der Waals surface area contributed by atoms with Crippen molar-refractivity contribution in [2.75, 3.05) is 5.32 Å². The number of fused-ring (bicyclic) bond motifs is 1. The van der Waals surface area contributed by atoms with E-state index in [2.05, 4.69) is 15.4 Å². The molecule has 0 aliphatic rings. The maximum Gasteiger partial charge on any atom is 0.410 e. The molecule has 0 saturated heterocycles. The fraction of sp³-hybridized carbons (Fsp3) is 0. The average Bonchev–Trinajstić information content (AvgIpc) is 2.44. The molecular formula is C7H5IN4O2. The van der Waals surface area contributed by atoms with E-state index in [9.17, 15) is 4.79 Å². The first-order valence-electron chi connectivity index (χ1n) is 3.67. The fourth-order valence-electron chi connectivity index (χ4n) is 1.04. The molecule has 2 aromatic heterocycles. The molecule has 2 heterocycles. The predicted octanol–water partition coefficient (Wildman–Crippen LogP) is 1.42. The smallest absolute Gasteiger partial charge is 0.410 e. The number of hydrogen-bond donors (Lipinski definition) is 2. The lowest BCUT2D eigenvalue weighted by Crippen LogP contribution is -2.08. The molecule has 0 aliphatic carbocycles. The molecule has 0 atom stereocenters. The number of aromatic nitrogens is 3. The van der Waals surface area contributed by atoms with E-state index in [4.69, 9.17) is 5.11 Å². The van der Waals surface area contributed by atoms with Gasteiger partial charge in [-0.05, 0) is 28.7 Å². The Morgan fingerprint density at radius 1 is 1.64 bits per heavy atom. The maximum atomic E-state index is 10.4. The van der Waals surface area contributed by atoms with Crippen LogP contribution in [0.1, 0.15) is 0 Å². The zero-order valence-electron chi connectivity index (χ0n) is 6.81. The SMILES string of the molecule is O=C(O)Nc1nn2cccnc2c1I. The molecule has 0 fully saturated rings. The van der Waals surface area contributed by atoms with Crippen LogP contribution in [0, 0.1) is 3.57 Å². The largest absolute Gasteiger partial charge is 0.465 e. The highest BCUT2D eigenvalue weighted by Gasteiger charge is 2.12. The van der Waals surface area contributed by atoms with E-state index in [1.54, 1.807) is 18.5 Å².